The number of anilines is 1. The summed E-state index contributed by atoms with van der Waals surface area (Å²) in [6.45, 7) is 2.33. The van der Waals surface area contributed by atoms with Gasteiger partial charge >= 0.3 is 0 Å². The van der Waals surface area contributed by atoms with Gasteiger partial charge in [-0.1, -0.05) is 12.1 Å². The smallest absolute Gasteiger partial charge is 0.238 e. The zero-order valence-electron chi connectivity index (χ0n) is 20.6. The quantitative estimate of drug-likeness (QED) is 0.376. The summed E-state index contributed by atoms with van der Waals surface area (Å²) < 4.78 is 11.0. The molecule has 180 valence electrons. The molecule has 0 saturated heterocycles. The van der Waals surface area contributed by atoms with Crippen LogP contribution in [-0.4, -0.2) is 50.6 Å². The van der Waals surface area contributed by atoms with Gasteiger partial charge in [0.2, 0.25) is 5.91 Å². The summed E-state index contributed by atoms with van der Waals surface area (Å²) in [6, 6.07) is 18.6. The third-order valence-electron chi connectivity index (χ3n) is 5.89. The molecular formula is C28H29N3O4. The van der Waals surface area contributed by atoms with Crippen LogP contribution in [-0.2, 0) is 11.3 Å². The number of amides is 1. The molecule has 0 fully saturated rings. The number of rotatable bonds is 8. The molecule has 0 radical (unpaired) electrons. The van der Waals surface area contributed by atoms with Gasteiger partial charge in [0.05, 0.1) is 25.6 Å². The monoisotopic (exact) mass is 471 g/mol. The van der Waals surface area contributed by atoms with Crippen LogP contribution in [0.1, 0.15) is 39.9 Å². The molecule has 1 aliphatic heterocycles. The molecule has 0 saturated carbocycles. The molecule has 1 atom stereocenters. The van der Waals surface area contributed by atoms with E-state index in [1.807, 2.05) is 50.5 Å². The van der Waals surface area contributed by atoms with Crippen molar-refractivity contribution in [1.82, 2.24) is 4.90 Å². The molecule has 3 aromatic carbocycles. The molecule has 7 heteroatoms. The van der Waals surface area contributed by atoms with Crippen LogP contribution in [0.4, 0.5) is 11.4 Å². The van der Waals surface area contributed by atoms with Crippen LogP contribution >= 0.6 is 0 Å². The minimum atomic E-state index is -0.706. The molecule has 0 aromatic heterocycles. The third-order valence-corrected chi connectivity index (χ3v) is 5.89. The Labute approximate surface area is 205 Å². The first-order valence-corrected chi connectivity index (χ1v) is 11.3. The van der Waals surface area contributed by atoms with Crippen molar-refractivity contribution in [2.24, 2.45) is 4.99 Å². The van der Waals surface area contributed by atoms with E-state index in [1.165, 1.54) is 6.92 Å². The Morgan fingerprint density at radius 1 is 0.943 bits per heavy atom. The Balaban J connectivity index is 1.88. The van der Waals surface area contributed by atoms with E-state index in [2.05, 4.69) is 10.2 Å². The van der Waals surface area contributed by atoms with Crippen LogP contribution in [0.3, 0.4) is 0 Å². The van der Waals surface area contributed by atoms with Crippen LogP contribution < -0.4 is 14.8 Å². The van der Waals surface area contributed by atoms with Crippen molar-refractivity contribution >= 4 is 28.8 Å². The molecule has 0 aliphatic carbocycles. The fourth-order valence-electron chi connectivity index (χ4n) is 4.18. The Bertz CT molecular complexity index is 1270. The first kappa shape index (κ1) is 24.2. The fourth-order valence-corrected chi connectivity index (χ4v) is 4.18. The summed E-state index contributed by atoms with van der Waals surface area (Å²) in [6.07, 6.45) is 0. The molecule has 7 nitrogen and oxygen atoms in total. The van der Waals surface area contributed by atoms with Crippen molar-refractivity contribution in [3.63, 3.8) is 0 Å². The highest BCUT2D eigenvalue weighted by molar-refractivity contribution is 6.24. The first-order valence-electron chi connectivity index (χ1n) is 11.3. The second-order valence-electron chi connectivity index (χ2n) is 8.78. The number of benzene rings is 3. The molecule has 1 aliphatic rings. The lowest BCUT2D eigenvalue weighted by Crippen LogP contribution is -2.22. The lowest BCUT2D eigenvalue weighted by Gasteiger charge is -2.16. The molecule has 4 rings (SSSR count). The maximum absolute atomic E-state index is 13.3. The maximum atomic E-state index is 13.3. The predicted octanol–water partition coefficient (Wildman–Crippen LogP) is 4.82. The van der Waals surface area contributed by atoms with E-state index in [0.717, 1.165) is 12.1 Å². The van der Waals surface area contributed by atoms with Crippen LogP contribution in [0.2, 0.25) is 0 Å². The van der Waals surface area contributed by atoms with E-state index in [9.17, 15) is 9.59 Å². The zero-order valence-corrected chi connectivity index (χ0v) is 20.6. The summed E-state index contributed by atoms with van der Waals surface area (Å²) in [5.41, 5.74) is 5.04. The van der Waals surface area contributed by atoms with Crippen LogP contribution in [0.5, 0.6) is 11.5 Å². The van der Waals surface area contributed by atoms with E-state index >= 15 is 0 Å². The SMILES string of the molecule is COc1cc(OC)cc(C(=Nc2ccc(CN(C)C)cc2)C2C(=O)Nc3ccc(C(C)=O)cc32)c1. The number of Topliss-reactive ketones (excluding diaryl/α,β-unsaturated/α-hetero) is 1. The molecule has 0 bridgehead atoms. The maximum Gasteiger partial charge on any atom is 0.238 e. The van der Waals surface area contributed by atoms with Gasteiger partial charge in [0, 0.05) is 29.4 Å². The molecule has 1 unspecified atom stereocenters. The average molecular weight is 472 g/mol. The molecule has 1 heterocycles. The number of ether oxygens (including phenoxy) is 2. The van der Waals surface area contributed by atoms with Gasteiger partial charge in [-0.3, -0.25) is 14.6 Å². The van der Waals surface area contributed by atoms with E-state index < -0.39 is 5.92 Å². The van der Waals surface area contributed by atoms with Gasteiger partial charge in [0.15, 0.2) is 5.78 Å². The number of carbonyl (C=O) groups excluding carboxylic acids is 2. The number of carbonyl (C=O) groups is 2. The average Bonchev–Trinajstić information content (AvgIpc) is 3.17. The van der Waals surface area contributed by atoms with Crippen molar-refractivity contribution in [3.05, 3.63) is 82.9 Å². The Morgan fingerprint density at radius 2 is 1.60 bits per heavy atom. The number of aliphatic imine (C=N–C) groups is 1. The topological polar surface area (TPSA) is 80.2 Å². The lowest BCUT2D eigenvalue weighted by molar-refractivity contribution is -0.115. The molecule has 0 spiro atoms. The van der Waals surface area contributed by atoms with Crippen molar-refractivity contribution in [3.8, 4) is 11.5 Å². The summed E-state index contributed by atoms with van der Waals surface area (Å²) in [4.78, 5) is 32.4. The van der Waals surface area contributed by atoms with Gasteiger partial charge in [-0.15, -0.1) is 0 Å². The third kappa shape index (κ3) is 5.25. The number of hydrogen-bond donors (Lipinski definition) is 1. The second-order valence-corrected chi connectivity index (χ2v) is 8.78. The Kier molecular flexibility index (Phi) is 6.98. The first-order chi connectivity index (χ1) is 16.8. The van der Waals surface area contributed by atoms with Gasteiger partial charge in [-0.25, -0.2) is 0 Å². The summed E-state index contributed by atoms with van der Waals surface area (Å²) in [5.74, 6) is 0.200. The highest BCUT2D eigenvalue weighted by atomic mass is 16.5. The highest BCUT2D eigenvalue weighted by Crippen LogP contribution is 2.38. The van der Waals surface area contributed by atoms with E-state index in [0.29, 0.717) is 45.3 Å². The zero-order chi connectivity index (χ0) is 25.1. The summed E-state index contributed by atoms with van der Waals surface area (Å²) >= 11 is 0. The van der Waals surface area contributed by atoms with E-state index in [1.54, 1.807) is 38.5 Å². The number of methoxy groups -OCH3 is 2. The van der Waals surface area contributed by atoms with Crippen molar-refractivity contribution in [1.29, 1.82) is 0 Å². The van der Waals surface area contributed by atoms with Crippen LogP contribution in [0.15, 0.2) is 65.7 Å². The number of hydrogen-bond acceptors (Lipinski definition) is 6. The van der Waals surface area contributed by atoms with Crippen LogP contribution in [0, 0.1) is 0 Å². The minimum Gasteiger partial charge on any atom is -0.497 e. The second kappa shape index (κ2) is 10.1. The van der Waals surface area contributed by atoms with Crippen molar-refractivity contribution < 1.29 is 19.1 Å². The van der Waals surface area contributed by atoms with Crippen molar-refractivity contribution in [2.75, 3.05) is 33.6 Å². The normalized spacial score (nSPS) is 15.1. The van der Waals surface area contributed by atoms with Gasteiger partial charge < -0.3 is 19.7 Å². The number of nitrogens with zero attached hydrogens (tertiary/aromatic N) is 2. The van der Waals surface area contributed by atoms with Crippen LogP contribution in [0.25, 0.3) is 0 Å². The summed E-state index contributed by atoms with van der Waals surface area (Å²) in [5, 5.41) is 2.94. The fraction of sp³-hybridized carbons (Fsp3) is 0.250. The number of ketones is 1. The van der Waals surface area contributed by atoms with E-state index in [4.69, 9.17) is 14.5 Å². The standard InChI is InChI=1S/C28H29N3O4/c1-17(32)19-8-11-25-24(14-19)26(28(33)30-25)27(20-12-22(34-4)15-23(13-20)35-5)29-21-9-6-18(7-10-21)16-31(2)3/h6-15,26H,16H2,1-5H3,(H,30,33). The Hall–Kier alpha value is -3.97. The molecular weight excluding hydrogens is 442 g/mol. The molecule has 35 heavy (non-hydrogen) atoms. The largest absolute Gasteiger partial charge is 0.497 e. The Morgan fingerprint density at radius 3 is 2.17 bits per heavy atom. The predicted molar refractivity (Wildman–Crippen MR) is 137 cm³/mol. The van der Waals surface area contributed by atoms with Gasteiger partial charge in [-0.2, -0.15) is 0 Å². The molecule has 3 aromatic rings. The van der Waals surface area contributed by atoms with Gasteiger partial charge in [-0.05, 0) is 74.6 Å². The number of nitrogens with one attached hydrogen (secondary N) is 1. The van der Waals surface area contributed by atoms with Gasteiger partial charge in [0.25, 0.3) is 0 Å². The highest BCUT2D eigenvalue weighted by Gasteiger charge is 2.36. The van der Waals surface area contributed by atoms with Crippen molar-refractivity contribution in [2.45, 2.75) is 19.4 Å². The van der Waals surface area contributed by atoms with Gasteiger partial charge in [0.1, 0.15) is 17.4 Å². The number of fused-ring (bicyclic) bond motifs is 1. The summed E-state index contributed by atoms with van der Waals surface area (Å²) in [7, 11) is 7.20. The molecule has 1 N–H and O–H groups in total. The molecule has 1 amide bonds. The van der Waals surface area contributed by atoms with E-state index in [-0.39, 0.29) is 11.7 Å². The minimum absolute atomic E-state index is 0.0658. The lowest BCUT2D eigenvalue weighted by atomic mass is 9.89.